The third-order valence-electron chi connectivity index (χ3n) is 3.36. The molecule has 0 unspecified atom stereocenters. The van der Waals surface area contributed by atoms with E-state index in [1.165, 1.54) is 10.9 Å². The normalized spacial score (nSPS) is 10.8. The van der Waals surface area contributed by atoms with Gasteiger partial charge in [0.2, 0.25) is 0 Å². The second-order valence-electron chi connectivity index (χ2n) is 4.71. The fraction of sp³-hybridized carbons (Fsp3) is 0.125. The predicted molar refractivity (Wildman–Crippen MR) is 91.3 cm³/mol. The quantitative estimate of drug-likeness (QED) is 0.666. The third-order valence-corrected chi connectivity index (χ3v) is 4.22. The van der Waals surface area contributed by atoms with E-state index in [9.17, 15) is 0 Å². The lowest BCUT2D eigenvalue weighted by Crippen LogP contribution is -1.98. The molecule has 0 saturated carbocycles. The Hall–Kier alpha value is -1.65. The molecule has 0 saturated heterocycles. The zero-order valence-corrected chi connectivity index (χ0v) is 13.8. The number of aromatic nitrogens is 1. The van der Waals surface area contributed by atoms with Gasteiger partial charge in [0.1, 0.15) is 5.75 Å². The first-order chi connectivity index (χ1) is 10.2. The summed E-state index contributed by atoms with van der Waals surface area (Å²) in [5.74, 6) is 0.822. The van der Waals surface area contributed by atoms with E-state index in [2.05, 4.69) is 26.2 Å². The van der Waals surface area contributed by atoms with Crippen LogP contribution in [0.25, 0.3) is 10.9 Å². The first kappa shape index (κ1) is 14.3. The fourth-order valence-electron chi connectivity index (χ4n) is 2.28. The minimum absolute atomic E-state index is 0.737. The summed E-state index contributed by atoms with van der Waals surface area (Å²) in [7, 11) is 1.66. The van der Waals surface area contributed by atoms with E-state index >= 15 is 0 Å². The zero-order chi connectivity index (χ0) is 14.8. The Kier molecular flexibility index (Phi) is 4.08. The zero-order valence-electron chi connectivity index (χ0n) is 11.4. The van der Waals surface area contributed by atoms with Crippen molar-refractivity contribution in [1.29, 1.82) is 0 Å². The van der Waals surface area contributed by atoms with Crippen molar-refractivity contribution in [2.45, 2.75) is 6.54 Å². The number of halogens is 2. The molecular formula is C16H14BrClN2O. The number of benzene rings is 2. The summed E-state index contributed by atoms with van der Waals surface area (Å²) in [4.78, 5) is 3.24. The van der Waals surface area contributed by atoms with E-state index in [1.54, 1.807) is 7.11 Å². The van der Waals surface area contributed by atoms with E-state index in [4.69, 9.17) is 16.3 Å². The third kappa shape index (κ3) is 3.01. The highest BCUT2D eigenvalue weighted by atomic mass is 79.9. The van der Waals surface area contributed by atoms with Gasteiger partial charge in [0.25, 0.3) is 0 Å². The maximum Gasteiger partial charge on any atom is 0.133 e. The molecule has 108 valence electrons. The van der Waals surface area contributed by atoms with Crippen molar-refractivity contribution in [3.05, 3.63) is 57.7 Å². The molecule has 3 aromatic rings. The summed E-state index contributed by atoms with van der Waals surface area (Å²) < 4.78 is 6.16. The number of methoxy groups -OCH3 is 1. The molecule has 0 bridgehead atoms. The molecule has 0 fully saturated rings. The van der Waals surface area contributed by atoms with Crippen LogP contribution in [0, 0.1) is 0 Å². The first-order valence-corrected chi connectivity index (χ1v) is 7.67. The molecule has 21 heavy (non-hydrogen) atoms. The smallest absolute Gasteiger partial charge is 0.133 e. The number of hydrogen-bond donors (Lipinski definition) is 2. The van der Waals surface area contributed by atoms with Crippen LogP contribution in [0.15, 0.2) is 47.1 Å². The van der Waals surface area contributed by atoms with Crippen molar-refractivity contribution in [3.63, 3.8) is 0 Å². The van der Waals surface area contributed by atoms with Gasteiger partial charge < -0.3 is 15.0 Å². The lowest BCUT2D eigenvalue weighted by atomic mass is 10.1. The summed E-state index contributed by atoms with van der Waals surface area (Å²) in [6.07, 6.45) is 2.01. The van der Waals surface area contributed by atoms with Crippen LogP contribution < -0.4 is 10.1 Å². The molecule has 2 aromatic carbocycles. The minimum atomic E-state index is 0.737. The van der Waals surface area contributed by atoms with Crippen LogP contribution in [0.5, 0.6) is 5.75 Å². The van der Waals surface area contributed by atoms with Crippen molar-refractivity contribution in [1.82, 2.24) is 4.98 Å². The largest absolute Gasteiger partial charge is 0.496 e. The Bertz CT molecular complexity index is 785. The molecule has 0 amide bonds. The average molecular weight is 366 g/mol. The van der Waals surface area contributed by atoms with Gasteiger partial charge in [0.05, 0.1) is 11.6 Å². The maximum atomic E-state index is 5.99. The summed E-state index contributed by atoms with van der Waals surface area (Å²) >= 11 is 9.48. The molecular weight excluding hydrogens is 352 g/mol. The van der Waals surface area contributed by atoms with Crippen LogP contribution >= 0.6 is 27.5 Å². The van der Waals surface area contributed by atoms with Crippen LogP contribution in [0.1, 0.15) is 5.56 Å². The molecule has 1 heterocycles. The molecule has 0 spiro atoms. The molecule has 3 nitrogen and oxygen atoms in total. The lowest BCUT2D eigenvalue weighted by Gasteiger charge is -2.08. The number of fused-ring (bicyclic) bond motifs is 1. The average Bonchev–Trinajstić information content (AvgIpc) is 2.87. The minimum Gasteiger partial charge on any atom is -0.496 e. The van der Waals surface area contributed by atoms with Gasteiger partial charge in [-0.15, -0.1) is 0 Å². The highest BCUT2D eigenvalue weighted by Gasteiger charge is 2.05. The van der Waals surface area contributed by atoms with Crippen LogP contribution in [-0.2, 0) is 6.54 Å². The van der Waals surface area contributed by atoms with Crippen molar-refractivity contribution >= 4 is 44.1 Å². The lowest BCUT2D eigenvalue weighted by molar-refractivity contribution is 0.412. The van der Waals surface area contributed by atoms with Crippen molar-refractivity contribution in [2.75, 3.05) is 12.4 Å². The molecule has 0 aliphatic rings. The van der Waals surface area contributed by atoms with Gasteiger partial charge in [-0.05, 0) is 51.8 Å². The van der Waals surface area contributed by atoms with Gasteiger partial charge in [0, 0.05) is 34.4 Å². The molecule has 0 atom stereocenters. The Morgan fingerprint density at radius 1 is 1.24 bits per heavy atom. The summed E-state index contributed by atoms with van der Waals surface area (Å²) in [6.45, 7) is 0.737. The number of aromatic amines is 1. The van der Waals surface area contributed by atoms with Gasteiger partial charge >= 0.3 is 0 Å². The molecule has 0 aliphatic heterocycles. The highest BCUT2D eigenvalue weighted by molar-refractivity contribution is 9.10. The van der Waals surface area contributed by atoms with Gasteiger partial charge in [-0.1, -0.05) is 17.7 Å². The number of nitrogens with one attached hydrogen (secondary N) is 2. The van der Waals surface area contributed by atoms with Crippen LogP contribution in [0.4, 0.5) is 5.69 Å². The standard InChI is InChI=1S/C16H14BrClN2O/c1-21-16-5-3-12(7-14(16)17)19-8-10-9-20-15-6-11(18)2-4-13(10)15/h2-7,9,19-20H,8H2,1H3. The Morgan fingerprint density at radius 3 is 2.86 bits per heavy atom. The second-order valence-corrected chi connectivity index (χ2v) is 6.00. The van der Waals surface area contributed by atoms with Gasteiger partial charge in [0.15, 0.2) is 0 Å². The second kappa shape index (κ2) is 6.00. The number of ether oxygens (including phenoxy) is 1. The number of rotatable bonds is 4. The number of anilines is 1. The highest BCUT2D eigenvalue weighted by Crippen LogP contribution is 2.28. The summed E-state index contributed by atoms with van der Waals surface area (Å²) in [6, 6.07) is 11.8. The molecule has 5 heteroatoms. The predicted octanol–water partition coefficient (Wildman–Crippen LogP) is 5.20. The van der Waals surface area contributed by atoms with Crippen LogP contribution in [0.3, 0.4) is 0 Å². The van der Waals surface area contributed by atoms with E-state index in [1.807, 2.05) is 42.6 Å². The topological polar surface area (TPSA) is 37.0 Å². The Morgan fingerprint density at radius 2 is 2.10 bits per heavy atom. The van der Waals surface area contributed by atoms with Crippen molar-refractivity contribution < 1.29 is 4.74 Å². The summed E-state index contributed by atoms with van der Waals surface area (Å²) in [5, 5.41) is 5.33. The molecule has 3 rings (SSSR count). The van der Waals surface area contributed by atoms with Gasteiger partial charge in [-0.25, -0.2) is 0 Å². The van der Waals surface area contributed by atoms with Crippen LogP contribution in [-0.4, -0.2) is 12.1 Å². The van der Waals surface area contributed by atoms with Gasteiger partial charge in [-0.3, -0.25) is 0 Å². The number of H-pyrrole nitrogens is 1. The number of hydrogen-bond acceptors (Lipinski definition) is 2. The van der Waals surface area contributed by atoms with E-state index < -0.39 is 0 Å². The maximum absolute atomic E-state index is 5.99. The van der Waals surface area contributed by atoms with E-state index in [0.29, 0.717) is 0 Å². The molecule has 0 radical (unpaired) electrons. The Labute approximate surface area is 136 Å². The monoisotopic (exact) mass is 364 g/mol. The van der Waals surface area contributed by atoms with E-state index in [-0.39, 0.29) is 0 Å². The fourth-order valence-corrected chi connectivity index (χ4v) is 2.99. The van der Waals surface area contributed by atoms with Gasteiger partial charge in [-0.2, -0.15) is 0 Å². The molecule has 1 aromatic heterocycles. The van der Waals surface area contributed by atoms with Crippen molar-refractivity contribution in [3.8, 4) is 5.75 Å². The SMILES string of the molecule is COc1ccc(NCc2c[nH]c3cc(Cl)ccc23)cc1Br. The molecule has 2 N–H and O–H groups in total. The summed E-state index contributed by atoms with van der Waals surface area (Å²) in [5.41, 5.74) is 3.29. The van der Waals surface area contributed by atoms with Crippen molar-refractivity contribution in [2.24, 2.45) is 0 Å². The van der Waals surface area contributed by atoms with Crippen LogP contribution in [0.2, 0.25) is 5.02 Å². The first-order valence-electron chi connectivity index (χ1n) is 6.50. The van der Waals surface area contributed by atoms with E-state index in [0.717, 1.165) is 33.0 Å². The Balaban J connectivity index is 1.78. The molecule has 0 aliphatic carbocycles.